The van der Waals surface area contributed by atoms with Crippen LogP contribution in [0, 0.1) is 22.6 Å². The number of hydrogen-bond acceptors (Lipinski definition) is 6. The SMILES string of the molecule is CCOC(=O)c1[nH]nc2oc(=N)c(C#N)c(-c3ccc(F)cc3)c12. The lowest BCUT2D eigenvalue weighted by molar-refractivity contribution is 0.0521. The Morgan fingerprint density at radius 3 is 2.79 bits per heavy atom. The van der Waals surface area contributed by atoms with Crippen molar-refractivity contribution in [1.82, 2.24) is 10.2 Å². The van der Waals surface area contributed by atoms with Crippen LogP contribution in [0.4, 0.5) is 4.39 Å². The lowest BCUT2D eigenvalue weighted by atomic mass is 9.98. The van der Waals surface area contributed by atoms with Crippen molar-refractivity contribution in [3.8, 4) is 17.2 Å². The average Bonchev–Trinajstić information content (AvgIpc) is 2.98. The monoisotopic (exact) mass is 326 g/mol. The Morgan fingerprint density at radius 2 is 2.17 bits per heavy atom. The second-order valence-corrected chi connectivity index (χ2v) is 4.80. The van der Waals surface area contributed by atoms with Crippen molar-refractivity contribution in [2.24, 2.45) is 0 Å². The molecule has 8 heteroatoms. The van der Waals surface area contributed by atoms with Crippen LogP contribution >= 0.6 is 0 Å². The van der Waals surface area contributed by atoms with Gasteiger partial charge in [-0.15, -0.1) is 5.10 Å². The summed E-state index contributed by atoms with van der Waals surface area (Å²) in [4.78, 5) is 12.1. The summed E-state index contributed by atoms with van der Waals surface area (Å²) in [5.74, 6) is -1.11. The zero-order valence-electron chi connectivity index (χ0n) is 12.5. The second kappa shape index (κ2) is 5.96. The molecule has 3 rings (SSSR count). The molecule has 1 aromatic carbocycles. The number of aromatic amines is 1. The lowest BCUT2D eigenvalue weighted by Gasteiger charge is -2.07. The first kappa shape index (κ1) is 15.4. The van der Waals surface area contributed by atoms with E-state index in [4.69, 9.17) is 14.6 Å². The van der Waals surface area contributed by atoms with Crippen LogP contribution in [0.3, 0.4) is 0 Å². The van der Waals surface area contributed by atoms with E-state index in [9.17, 15) is 14.4 Å². The molecule has 0 unspecified atom stereocenters. The van der Waals surface area contributed by atoms with Crippen molar-refractivity contribution >= 4 is 17.1 Å². The van der Waals surface area contributed by atoms with Crippen LogP contribution in [0.1, 0.15) is 23.0 Å². The highest BCUT2D eigenvalue weighted by molar-refractivity contribution is 6.07. The number of benzene rings is 1. The van der Waals surface area contributed by atoms with Crippen LogP contribution in [0.2, 0.25) is 0 Å². The number of hydrogen-bond donors (Lipinski definition) is 2. The summed E-state index contributed by atoms with van der Waals surface area (Å²) in [5.41, 5.74) is 0.231. The molecule has 0 bridgehead atoms. The number of esters is 1. The maximum absolute atomic E-state index is 13.2. The van der Waals surface area contributed by atoms with E-state index in [1.165, 1.54) is 24.3 Å². The van der Waals surface area contributed by atoms with Crippen LogP contribution in [0.5, 0.6) is 0 Å². The maximum atomic E-state index is 13.2. The lowest BCUT2D eigenvalue weighted by Crippen LogP contribution is -2.09. The van der Waals surface area contributed by atoms with Crippen molar-refractivity contribution in [3.63, 3.8) is 0 Å². The van der Waals surface area contributed by atoms with E-state index >= 15 is 0 Å². The smallest absolute Gasteiger partial charge is 0.357 e. The fourth-order valence-electron chi connectivity index (χ4n) is 2.38. The van der Waals surface area contributed by atoms with Crippen LogP contribution < -0.4 is 5.55 Å². The summed E-state index contributed by atoms with van der Waals surface area (Å²) in [6, 6.07) is 7.23. The average molecular weight is 326 g/mol. The standard InChI is InChI=1S/C16H11FN4O3/c1-2-23-16(22)13-12-11(8-3-5-9(17)6-4-8)10(7-18)14(19)24-15(12)21-20-13/h3-6,19H,2H2,1H3,(H,20,21). The number of aromatic nitrogens is 2. The maximum Gasteiger partial charge on any atom is 0.357 e. The molecule has 0 saturated carbocycles. The van der Waals surface area contributed by atoms with E-state index in [2.05, 4.69) is 10.2 Å². The van der Waals surface area contributed by atoms with Gasteiger partial charge in [-0.25, -0.2) is 9.18 Å². The Balaban J connectivity index is 2.41. The van der Waals surface area contributed by atoms with Crippen molar-refractivity contribution < 1.29 is 18.3 Å². The van der Waals surface area contributed by atoms with E-state index in [0.29, 0.717) is 5.56 Å². The topological polar surface area (TPSA) is 116 Å². The third kappa shape index (κ3) is 2.42. The van der Waals surface area contributed by atoms with Gasteiger partial charge in [0, 0.05) is 5.56 Å². The van der Waals surface area contributed by atoms with Gasteiger partial charge in [0.15, 0.2) is 5.69 Å². The minimum Gasteiger partial charge on any atom is -0.461 e. The van der Waals surface area contributed by atoms with Gasteiger partial charge in [0.25, 0.3) is 0 Å². The van der Waals surface area contributed by atoms with Crippen molar-refractivity contribution in [3.05, 3.63) is 46.9 Å². The summed E-state index contributed by atoms with van der Waals surface area (Å²) >= 11 is 0. The fraction of sp³-hybridized carbons (Fsp3) is 0.125. The number of carbonyl (C=O) groups is 1. The molecule has 0 aliphatic rings. The van der Waals surface area contributed by atoms with Gasteiger partial charge in [-0.3, -0.25) is 10.5 Å². The Kier molecular flexibility index (Phi) is 3.83. The first-order valence-electron chi connectivity index (χ1n) is 6.99. The molecule has 2 aromatic heterocycles. The summed E-state index contributed by atoms with van der Waals surface area (Å²) in [6.07, 6.45) is 0. The van der Waals surface area contributed by atoms with Crippen LogP contribution in [-0.4, -0.2) is 22.8 Å². The molecule has 0 amide bonds. The van der Waals surface area contributed by atoms with E-state index in [0.717, 1.165) is 0 Å². The molecule has 24 heavy (non-hydrogen) atoms. The minimum atomic E-state index is -0.666. The van der Waals surface area contributed by atoms with E-state index < -0.39 is 17.3 Å². The first-order chi connectivity index (χ1) is 11.6. The Bertz CT molecular complexity index is 1030. The van der Waals surface area contributed by atoms with Crippen molar-refractivity contribution in [1.29, 1.82) is 10.7 Å². The summed E-state index contributed by atoms with van der Waals surface area (Å²) in [6.45, 7) is 1.81. The molecule has 120 valence electrons. The summed E-state index contributed by atoms with van der Waals surface area (Å²) in [7, 11) is 0. The van der Waals surface area contributed by atoms with Crippen LogP contribution in [0.25, 0.3) is 22.2 Å². The van der Waals surface area contributed by atoms with Crippen LogP contribution in [-0.2, 0) is 4.74 Å². The predicted octanol–water partition coefficient (Wildman–Crippen LogP) is 2.49. The van der Waals surface area contributed by atoms with Crippen molar-refractivity contribution in [2.75, 3.05) is 6.61 Å². The molecule has 0 aliphatic heterocycles. The largest absolute Gasteiger partial charge is 0.461 e. The number of H-pyrrole nitrogens is 1. The van der Waals surface area contributed by atoms with Gasteiger partial charge in [0.2, 0.25) is 11.3 Å². The highest BCUT2D eigenvalue weighted by Crippen LogP contribution is 2.32. The predicted molar refractivity (Wildman–Crippen MR) is 80.3 cm³/mol. The minimum absolute atomic E-state index is 0.00595. The Hall–Kier alpha value is -3.47. The third-order valence-corrected chi connectivity index (χ3v) is 3.38. The van der Waals surface area contributed by atoms with Gasteiger partial charge >= 0.3 is 5.97 Å². The van der Waals surface area contributed by atoms with Gasteiger partial charge in [-0.1, -0.05) is 12.1 Å². The summed E-state index contributed by atoms with van der Waals surface area (Å²) < 4.78 is 23.4. The number of halogens is 1. The number of rotatable bonds is 3. The number of ether oxygens (including phenoxy) is 1. The fourth-order valence-corrected chi connectivity index (χ4v) is 2.38. The van der Waals surface area contributed by atoms with Crippen molar-refractivity contribution in [2.45, 2.75) is 6.92 Å². The van der Waals surface area contributed by atoms with Gasteiger partial charge in [0.1, 0.15) is 17.4 Å². The van der Waals surface area contributed by atoms with E-state index in [1.807, 2.05) is 6.07 Å². The number of nitrogens with zero attached hydrogens (tertiary/aromatic N) is 2. The van der Waals surface area contributed by atoms with Gasteiger partial charge in [-0.2, -0.15) is 5.26 Å². The highest BCUT2D eigenvalue weighted by Gasteiger charge is 2.24. The van der Waals surface area contributed by atoms with E-state index in [1.54, 1.807) is 6.92 Å². The molecule has 0 saturated heterocycles. The number of nitriles is 1. The van der Waals surface area contributed by atoms with E-state index in [-0.39, 0.29) is 34.5 Å². The molecule has 0 atom stereocenters. The second-order valence-electron chi connectivity index (χ2n) is 4.80. The Morgan fingerprint density at radius 1 is 1.46 bits per heavy atom. The molecule has 3 aromatic rings. The quantitative estimate of drug-likeness (QED) is 0.717. The number of carbonyl (C=O) groups excluding carboxylic acids is 1. The Labute approximate surface area is 134 Å². The molecular weight excluding hydrogens is 315 g/mol. The molecule has 0 aliphatic carbocycles. The van der Waals surface area contributed by atoms with Gasteiger partial charge in [0.05, 0.1) is 12.0 Å². The number of nitrogens with one attached hydrogen (secondary N) is 2. The molecule has 2 heterocycles. The molecule has 0 spiro atoms. The summed E-state index contributed by atoms with van der Waals surface area (Å²) in [5, 5.41) is 23.8. The zero-order chi connectivity index (χ0) is 17.3. The van der Waals surface area contributed by atoms with Gasteiger partial charge < -0.3 is 9.15 Å². The molecule has 0 fully saturated rings. The van der Waals surface area contributed by atoms with Gasteiger partial charge in [-0.05, 0) is 24.6 Å². The molecule has 2 N–H and O–H groups in total. The van der Waals surface area contributed by atoms with Crippen LogP contribution in [0.15, 0.2) is 28.7 Å². The highest BCUT2D eigenvalue weighted by atomic mass is 19.1. The molecule has 7 nitrogen and oxygen atoms in total. The molecular formula is C16H11FN4O3. The normalized spacial score (nSPS) is 10.5. The number of fused-ring (bicyclic) bond motifs is 1. The zero-order valence-corrected chi connectivity index (χ0v) is 12.5. The molecule has 0 radical (unpaired) electrons. The first-order valence-corrected chi connectivity index (χ1v) is 6.99. The third-order valence-electron chi connectivity index (χ3n) is 3.38.